The van der Waals surface area contributed by atoms with Gasteiger partial charge < -0.3 is 9.64 Å². The summed E-state index contributed by atoms with van der Waals surface area (Å²) in [5, 5.41) is 0. The van der Waals surface area contributed by atoms with E-state index in [1.54, 1.807) is 0 Å². The van der Waals surface area contributed by atoms with E-state index in [4.69, 9.17) is 4.74 Å². The summed E-state index contributed by atoms with van der Waals surface area (Å²) in [6, 6.07) is 0. The molecule has 5 nitrogen and oxygen atoms in total. The summed E-state index contributed by atoms with van der Waals surface area (Å²) in [7, 11) is -1.54. The molecule has 0 radical (unpaired) electrons. The molecule has 18 heavy (non-hydrogen) atoms. The Morgan fingerprint density at radius 3 is 2.72 bits per heavy atom. The van der Waals surface area contributed by atoms with Crippen molar-refractivity contribution in [2.75, 3.05) is 38.2 Å². The number of carbonyl (C=O) groups excluding carboxylic acids is 1. The molecule has 106 valence electrons. The van der Waals surface area contributed by atoms with Gasteiger partial charge in [0.1, 0.15) is 0 Å². The van der Waals surface area contributed by atoms with Crippen molar-refractivity contribution in [3.8, 4) is 0 Å². The van der Waals surface area contributed by atoms with Crippen molar-refractivity contribution >= 4 is 15.8 Å². The molecule has 0 spiro atoms. The molecule has 0 aliphatic carbocycles. The Morgan fingerprint density at radius 1 is 1.39 bits per heavy atom. The summed E-state index contributed by atoms with van der Waals surface area (Å²) >= 11 is 0. The number of ether oxygens (including phenoxy) is 1. The van der Waals surface area contributed by atoms with E-state index in [2.05, 4.69) is 4.90 Å². The highest BCUT2D eigenvalue weighted by atomic mass is 32.2. The SMILES string of the molecule is CCCS(=O)(=O)CCN1CCC[C@H](C(=O)OC)C1. The second-order valence-corrected chi connectivity index (χ2v) is 7.12. The van der Waals surface area contributed by atoms with Crippen molar-refractivity contribution in [1.82, 2.24) is 4.90 Å². The Labute approximate surface area is 109 Å². The van der Waals surface area contributed by atoms with Crippen molar-refractivity contribution < 1.29 is 17.9 Å². The summed E-state index contributed by atoms with van der Waals surface area (Å²) in [6.07, 6.45) is 2.42. The number of rotatable bonds is 6. The molecule has 1 rings (SSSR count). The van der Waals surface area contributed by atoms with Gasteiger partial charge in [-0.1, -0.05) is 6.92 Å². The zero-order valence-corrected chi connectivity index (χ0v) is 12.0. The first-order chi connectivity index (χ1) is 8.48. The van der Waals surface area contributed by atoms with Crippen molar-refractivity contribution in [2.24, 2.45) is 5.92 Å². The van der Waals surface area contributed by atoms with E-state index in [0.717, 1.165) is 19.4 Å². The highest BCUT2D eigenvalue weighted by Crippen LogP contribution is 2.17. The topological polar surface area (TPSA) is 63.7 Å². The first-order valence-electron chi connectivity index (χ1n) is 6.49. The lowest BCUT2D eigenvalue weighted by Crippen LogP contribution is -2.41. The van der Waals surface area contributed by atoms with E-state index in [9.17, 15) is 13.2 Å². The van der Waals surface area contributed by atoms with Gasteiger partial charge in [0.25, 0.3) is 0 Å². The van der Waals surface area contributed by atoms with Crippen LogP contribution < -0.4 is 0 Å². The molecule has 0 bridgehead atoms. The average molecular weight is 277 g/mol. The maximum absolute atomic E-state index is 11.6. The molecule has 1 aliphatic heterocycles. The van der Waals surface area contributed by atoms with Gasteiger partial charge in [0.05, 0.1) is 18.8 Å². The Bertz CT molecular complexity index is 366. The number of likely N-dealkylation sites (tertiary alicyclic amines) is 1. The zero-order valence-electron chi connectivity index (χ0n) is 11.2. The number of esters is 1. The second-order valence-electron chi connectivity index (χ2n) is 4.81. The molecule has 0 amide bonds. The number of methoxy groups -OCH3 is 1. The smallest absolute Gasteiger partial charge is 0.309 e. The second kappa shape index (κ2) is 7.09. The van der Waals surface area contributed by atoms with E-state index in [0.29, 0.717) is 19.5 Å². The van der Waals surface area contributed by atoms with E-state index in [1.807, 2.05) is 6.92 Å². The Hall–Kier alpha value is -0.620. The van der Waals surface area contributed by atoms with Crippen LogP contribution in [-0.2, 0) is 19.4 Å². The molecule has 0 aromatic carbocycles. The highest BCUT2D eigenvalue weighted by molar-refractivity contribution is 7.91. The maximum atomic E-state index is 11.6. The first kappa shape index (κ1) is 15.4. The lowest BCUT2D eigenvalue weighted by atomic mass is 9.98. The monoisotopic (exact) mass is 277 g/mol. The number of piperidine rings is 1. The molecule has 1 heterocycles. The Morgan fingerprint density at radius 2 is 2.11 bits per heavy atom. The minimum absolute atomic E-state index is 0.0994. The van der Waals surface area contributed by atoms with E-state index in [-0.39, 0.29) is 23.4 Å². The Kier molecular flexibility index (Phi) is 6.08. The van der Waals surface area contributed by atoms with Crippen LogP contribution in [0.2, 0.25) is 0 Å². The van der Waals surface area contributed by atoms with Crippen LogP contribution in [0.4, 0.5) is 0 Å². The van der Waals surface area contributed by atoms with Gasteiger partial charge in [-0.2, -0.15) is 0 Å². The van der Waals surface area contributed by atoms with E-state index >= 15 is 0 Å². The molecule has 1 aliphatic rings. The molecule has 6 heteroatoms. The molecule has 1 fully saturated rings. The van der Waals surface area contributed by atoms with Crippen molar-refractivity contribution in [3.63, 3.8) is 0 Å². The van der Waals surface area contributed by atoms with Crippen LogP contribution >= 0.6 is 0 Å². The van der Waals surface area contributed by atoms with Crippen molar-refractivity contribution in [1.29, 1.82) is 0 Å². The van der Waals surface area contributed by atoms with Crippen LogP contribution in [0.25, 0.3) is 0 Å². The van der Waals surface area contributed by atoms with Gasteiger partial charge in [-0.3, -0.25) is 4.79 Å². The molecular formula is C12H23NO4S. The standard InChI is InChI=1S/C12H23NO4S/c1-3-8-18(15,16)9-7-13-6-4-5-11(10-13)12(14)17-2/h11H,3-10H2,1-2H3/t11-/m0/s1. The average Bonchev–Trinajstić information content (AvgIpc) is 2.36. The zero-order chi connectivity index (χ0) is 13.6. The highest BCUT2D eigenvalue weighted by Gasteiger charge is 2.26. The van der Waals surface area contributed by atoms with Gasteiger partial charge in [-0.15, -0.1) is 0 Å². The number of carbonyl (C=O) groups is 1. The van der Waals surface area contributed by atoms with Crippen LogP contribution in [-0.4, -0.2) is 57.5 Å². The molecule has 1 saturated heterocycles. The molecule has 1 atom stereocenters. The van der Waals surface area contributed by atoms with E-state index in [1.165, 1.54) is 7.11 Å². The van der Waals surface area contributed by atoms with Crippen molar-refractivity contribution in [3.05, 3.63) is 0 Å². The van der Waals surface area contributed by atoms with Crippen LogP contribution in [0.3, 0.4) is 0 Å². The van der Waals surface area contributed by atoms with Gasteiger partial charge in [0.15, 0.2) is 9.84 Å². The largest absolute Gasteiger partial charge is 0.469 e. The summed E-state index contributed by atoms with van der Waals surface area (Å²) in [4.78, 5) is 13.5. The quantitative estimate of drug-likeness (QED) is 0.669. The number of nitrogens with zero attached hydrogens (tertiary/aromatic N) is 1. The lowest BCUT2D eigenvalue weighted by Gasteiger charge is -2.31. The minimum atomic E-state index is -2.93. The van der Waals surface area contributed by atoms with Gasteiger partial charge in [-0.05, 0) is 25.8 Å². The predicted molar refractivity (Wildman–Crippen MR) is 70.1 cm³/mol. The molecule has 0 saturated carbocycles. The summed E-state index contributed by atoms with van der Waals surface area (Å²) in [5.74, 6) is 0.157. The third-order valence-electron chi connectivity index (χ3n) is 3.27. The molecule has 0 aromatic rings. The molecular weight excluding hydrogens is 254 g/mol. The van der Waals surface area contributed by atoms with Gasteiger partial charge >= 0.3 is 5.97 Å². The third kappa shape index (κ3) is 4.94. The third-order valence-corrected chi connectivity index (χ3v) is 5.11. The Balaban J connectivity index is 2.41. The van der Waals surface area contributed by atoms with Crippen LogP contribution in [0.15, 0.2) is 0 Å². The van der Waals surface area contributed by atoms with Gasteiger partial charge in [-0.25, -0.2) is 8.42 Å². The molecule has 0 N–H and O–H groups in total. The lowest BCUT2D eigenvalue weighted by molar-refractivity contribution is -0.147. The van der Waals surface area contributed by atoms with Gasteiger partial charge in [0, 0.05) is 18.8 Å². The fourth-order valence-electron chi connectivity index (χ4n) is 2.30. The minimum Gasteiger partial charge on any atom is -0.469 e. The van der Waals surface area contributed by atoms with Crippen molar-refractivity contribution in [2.45, 2.75) is 26.2 Å². The maximum Gasteiger partial charge on any atom is 0.309 e. The number of hydrogen-bond donors (Lipinski definition) is 0. The predicted octanol–water partition coefficient (Wildman–Crippen LogP) is 0.696. The van der Waals surface area contributed by atoms with Crippen LogP contribution in [0, 0.1) is 5.92 Å². The fourth-order valence-corrected chi connectivity index (χ4v) is 3.66. The summed E-state index contributed by atoms with van der Waals surface area (Å²) in [6.45, 7) is 3.88. The summed E-state index contributed by atoms with van der Waals surface area (Å²) in [5.41, 5.74) is 0. The van der Waals surface area contributed by atoms with Gasteiger partial charge in [0.2, 0.25) is 0 Å². The fraction of sp³-hybridized carbons (Fsp3) is 0.917. The molecule has 0 aromatic heterocycles. The molecule has 0 unspecified atom stereocenters. The normalized spacial score (nSPS) is 21.8. The van der Waals surface area contributed by atoms with Crippen LogP contribution in [0.5, 0.6) is 0 Å². The first-order valence-corrected chi connectivity index (χ1v) is 8.31. The van der Waals surface area contributed by atoms with Crippen LogP contribution in [0.1, 0.15) is 26.2 Å². The number of hydrogen-bond acceptors (Lipinski definition) is 5. The van der Waals surface area contributed by atoms with E-state index < -0.39 is 9.84 Å². The number of sulfone groups is 1. The summed E-state index contributed by atoms with van der Waals surface area (Å²) < 4.78 is 28.0.